The number of carboxylic acid groups (broad SMARTS) is 1. The van der Waals surface area contributed by atoms with Gasteiger partial charge < -0.3 is 14.9 Å². The van der Waals surface area contributed by atoms with Crippen molar-refractivity contribution in [2.24, 2.45) is 0 Å². The number of rotatable bonds is 7. The number of carbonyl (C=O) groups is 1. The number of aromatic nitrogens is 1. The Bertz CT molecular complexity index is 557. The molecule has 1 rings (SSSR count). The molecule has 0 aliphatic carbocycles. The summed E-state index contributed by atoms with van der Waals surface area (Å²) in [5.74, 6) is -1.19. The highest BCUT2D eigenvalue weighted by Crippen LogP contribution is 2.12. The van der Waals surface area contributed by atoms with E-state index in [4.69, 9.17) is 9.84 Å². The fraction of sp³-hybridized carbons (Fsp3) is 0.455. The van der Waals surface area contributed by atoms with Crippen LogP contribution in [0.2, 0.25) is 0 Å². The Hall–Kier alpha value is -1.55. The molecule has 0 fully saturated rings. The first-order chi connectivity index (χ1) is 9.28. The number of sulfonamides is 1. The number of likely N-dealkylation sites (N-methyl/N-ethyl adjacent to an activating group) is 1. The molecule has 0 aromatic carbocycles. The second-order valence-electron chi connectivity index (χ2n) is 4.08. The summed E-state index contributed by atoms with van der Waals surface area (Å²) in [6, 6.07) is 2.26. The lowest BCUT2D eigenvalue weighted by Crippen LogP contribution is -2.36. The number of carboxylic acids is 1. The Morgan fingerprint density at radius 2 is 2.15 bits per heavy atom. The fourth-order valence-electron chi connectivity index (χ4n) is 1.46. The topological polar surface area (TPSA) is 117 Å². The molecule has 0 saturated carbocycles. The normalized spacial score (nSPS) is 13.4. The molecule has 20 heavy (non-hydrogen) atoms. The van der Waals surface area contributed by atoms with Crippen LogP contribution in [0.25, 0.3) is 0 Å². The maximum atomic E-state index is 12.1. The van der Waals surface area contributed by atoms with Crippen LogP contribution in [-0.2, 0) is 14.8 Å². The van der Waals surface area contributed by atoms with Crippen LogP contribution in [0, 0.1) is 0 Å². The predicted octanol–water partition coefficient (Wildman–Crippen LogP) is -0.592. The third-order valence-corrected chi connectivity index (χ3v) is 4.22. The molecule has 0 bridgehead atoms. The van der Waals surface area contributed by atoms with Gasteiger partial charge in [0.25, 0.3) is 10.0 Å². The van der Waals surface area contributed by atoms with Gasteiger partial charge in [-0.2, -0.15) is 4.31 Å². The SMILES string of the molecule is COCC(O)CN(C)S(=O)(=O)c1ccc(C(=O)O)cn1. The Morgan fingerprint density at radius 3 is 2.60 bits per heavy atom. The zero-order valence-corrected chi connectivity index (χ0v) is 11.9. The van der Waals surface area contributed by atoms with Crippen LogP contribution in [0.3, 0.4) is 0 Å². The van der Waals surface area contributed by atoms with Gasteiger partial charge in [0.2, 0.25) is 0 Å². The molecule has 0 amide bonds. The summed E-state index contributed by atoms with van der Waals surface area (Å²) in [5.41, 5.74) is -0.106. The number of nitrogens with zero attached hydrogens (tertiary/aromatic N) is 2. The highest BCUT2D eigenvalue weighted by molar-refractivity contribution is 7.89. The quantitative estimate of drug-likeness (QED) is 0.691. The van der Waals surface area contributed by atoms with Gasteiger partial charge in [-0.25, -0.2) is 18.2 Å². The standard InChI is InChI=1S/C11H16N2O6S/c1-13(6-9(14)7-19-2)20(17,18)10-4-3-8(5-12-10)11(15)16/h3-5,9,14H,6-7H2,1-2H3,(H,15,16). The van der Waals surface area contributed by atoms with Crippen molar-refractivity contribution in [1.82, 2.24) is 9.29 Å². The summed E-state index contributed by atoms with van der Waals surface area (Å²) in [5, 5.41) is 18.0. The van der Waals surface area contributed by atoms with Gasteiger partial charge in [0, 0.05) is 26.9 Å². The van der Waals surface area contributed by atoms with Crippen molar-refractivity contribution >= 4 is 16.0 Å². The zero-order chi connectivity index (χ0) is 15.3. The number of pyridine rings is 1. The maximum Gasteiger partial charge on any atom is 0.337 e. The zero-order valence-electron chi connectivity index (χ0n) is 11.1. The molecule has 0 aliphatic heterocycles. The number of methoxy groups -OCH3 is 1. The van der Waals surface area contributed by atoms with Gasteiger partial charge in [-0.15, -0.1) is 0 Å². The first-order valence-corrected chi connectivity index (χ1v) is 7.05. The molecule has 2 N–H and O–H groups in total. The smallest absolute Gasteiger partial charge is 0.337 e. The number of aliphatic hydroxyl groups excluding tert-OH is 1. The summed E-state index contributed by atoms with van der Waals surface area (Å²) in [6.07, 6.45) is 0.00678. The first-order valence-electron chi connectivity index (χ1n) is 5.61. The minimum absolute atomic E-state index is 0.00520. The second kappa shape index (κ2) is 6.75. The minimum atomic E-state index is -3.88. The molecule has 9 heteroatoms. The molecule has 112 valence electrons. The van der Waals surface area contributed by atoms with E-state index in [9.17, 15) is 18.3 Å². The molecule has 1 aromatic rings. The average molecular weight is 304 g/mol. The van der Waals surface area contributed by atoms with E-state index in [0.717, 1.165) is 22.6 Å². The van der Waals surface area contributed by atoms with Gasteiger partial charge in [-0.05, 0) is 12.1 Å². The van der Waals surface area contributed by atoms with E-state index < -0.39 is 22.1 Å². The molecule has 0 radical (unpaired) electrons. The molecule has 8 nitrogen and oxygen atoms in total. The van der Waals surface area contributed by atoms with E-state index in [0.29, 0.717) is 0 Å². The number of aliphatic hydroxyl groups is 1. The summed E-state index contributed by atoms with van der Waals surface area (Å²) < 4.78 is 29.9. The van der Waals surface area contributed by atoms with Gasteiger partial charge >= 0.3 is 5.97 Å². The average Bonchev–Trinajstić information content (AvgIpc) is 2.38. The largest absolute Gasteiger partial charge is 0.478 e. The number of aromatic carboxylic acids is 1. The Balaban J connectivity index is 2.89. The van der Waals surface area contributed by atoms with Gasteiger partial charge in [-0.3, -0.25) is 0 Å². The lowest BCUT2D eigenvalue weighted by molar-refractivity contribution is 0.0554. The molecular formula is C11H16N2O6S. The maximum absolute atomic E-state index is 12.1. The van der Waals surface area contributed by atoms with Crippen molar-refractivity contribution in [3.8, 4) is 0 Å². The molecule has 1 unspecified atom stereocenters. The third-order valence-electron chi connectivity index (χ3n) is 2.48. The lowest BCUT2D eigenvalue weighted by Gasteiger charge is -2.19. The van der Waals surface area contributed by atoms with Gasteiger partial charge in [0.05, 0.1) is 18.3 Å². The molecule has 0 aliphatic rings. The van der Waals surface area contributed by atoms with Crippen LogP contribution in [-0.4, -0.2) is 67.3 Å². The van der Waals surface area contributed by atoms with Crippen molar-refractivity contribution in [2.75, 3.05) is 27.3 Å². The number of hydrogen-bond acceptors (Lipinski definition) is 6. The Labute approximate surface area is 116 Å². The van der Waals surface area contributed by atoms with E-state index in [1.54, 1.807) is 0 Å². The predicted molar refractivity (Wildman–Crippen MR) is 68.9 cm³/mol. The molecule has 0 saturated heterocycles. The van der Waals surface area contributed by atoms with E-state index >= 15 is 0 Å². The van der Waals surface area contributed by atoms with Crippen LogP contribution >= 0.6 is 0 Å². The van der Waals surface area contributed by atoms with Crippen LogP contribution in [0.4, 0.5) is 0 Å². The van der Waals surface area contributed by atoms with Crippen molar-refractivity contribution in [1.29, 1.82) is 0 Å². The molecule has 1 heterocycles. The monoisotopic (exact) mass is 304 g/mol. The Kier molecular flexibility index (Phi) is 5.57. The summed E-state index contributed by atoms with van der Waals surface area (Å²) >= 11 is 0. The number of hydrogen-bond donors (Lipinski definition) is 2. The van der Waals surface area contributed by atoms with E-state index in [-0.39, 0.29) is 23.7 Å². The summed E-state index contributed by atoms with van der Waals surface area (Å²) in [6.45, 7) is -0.149. The fourth-order valence-corrected chi connectivity index (χ4v) is 2.57. The summed E-state index contributed by atoms with van der Waals surface area (Å²) in [4.78, 5) is 14.3. The summed E-state index contributed by atoms with van der Waals surface area (Å²) in [7, 11) is -1.20. The van der Waals surface area contributed by atoms with Crippen LogP contribution in [0.1, 0.15) is 10.4 Å². The highest BCUT2D eigenvalue weighted by Gasteiger charge is 2.24. The Morgan fingerprint density at radius 1 is 1.50 bits per heavy atom. The van der Waals surface area contributed by atoms with Gasteiger partial charge in [0.15, 0.2) is 5.03 Å². The molecule has 0 spiro atoms. The van der Waals surface area contributed by atoms with E-state index in [2.05, 4.69) is 4.98 Å². The number of ether oxygens (including phenoxy) is 1. The van der Waals surface area contributed by atoms with Gasteiger partial charge in [-0.1, -0.05) is 0 Å². The lowest BCUT2D eigenvalue weighted by atomic mass is 10.3. The molecule has 1 aromatic heterocycles. The van der Waals surface area contributed by atoms with E-state index in [1.165, 1.54) is 14.2 Å². The van der Waals surface area contributed by atoms with Crippen molar-refractivity contribution in [3.63, 3.8) is 0 Å². The van der Waals surface area contributed by atoms with Crippen LogP contribution in [0.5, 0.6) is 0 Å². The van der Waals surface area contributed by atoms with Crippen LogP contribution < -0.4 is 0 Å². The van der Waals surface area contributed by atoms with Crippen molar-refractivity contribution in [2.45, 2.75) is 11.1 Å². The van der Waals surface area contributed by atoms with Crippen molar-refractivity contribution in [3.05, 3.63) is 23.9 Å². The third kappa shape index (κ3) is 3.97. The van der Waals surface area contributed by atoms with Crippen molar-refractivity contribution < 1.29 is 28.2 Å². The molecule has 1 atom stereocenters. The second-order valence-corrected chi connectivity index (χ2v) is 6.08. The minimum Gasteiger partial charge on any atom is -0.478 e. The van der Waals surface area contributed by atoms with Gasteiger partial charge in [0.1, 0.15) is 0 Å². The van der Waals surface area contributed by atoms with Crippen LogP contribution in [0.15, 0.2) is 23.4 Å². The first kappa shape index (κ1) is 16.5. The highest BCUT2D eigenvalue weighted by atomic mass is 32.2. The molecular weight excluding hydrogens is 288 g/mol. The van der Waals surface area contributed by atoms with E-state index in [1.807, 2.05) is 0 Å².